The highest BCUT2D eigenvalue weighted by molar-refractivity contribution is 5.88. The van der Waals surface area contributed by atoms with E-state index in [1.54, 1.807) is 18.2 Å². The van der Waals surface area contributed by atoms with Crippen LogP contribution in [0.25, 0.3) is 11.4 Å². The number of hydrogen-bond donors (Lipinski definition) is 0. The number of nitrogens with zero attached hydrogens (tertiary/aromatic N) is 2. The number of ether oxygens (including phenoxy) is 1. The summed E-state index contributed by atoms with van der Waals surface area (Å²) in [5.41, 5.74) is 0.525. The van der Waals surface area contributed by atoms with E-state index in [9.17, 15) is 9.18 Å². The minimum absolute atomic E-state index is 0.229. The Labute approximate surface area is 97.1 Å². The number of carbonyl (C=O) groups is 1. The van der Waals surface area contributed by atoms with Crippen LogP contribution in [-0.4, -0.2) is 23.0 Å². The van der Waals surface area contributed by atoms with Crippen LogP contribution in [0.4, 0.5) is 4.39 Å². The standard InChI is InChI=1S/C12H9FN2O2/c1-17-12(16)8-6-14-11(15-7-8)9-4-2-3-5-10(9)13/h2-7H,1H3. The molecule has 0 saturated heterocycles. The van der Waals surface area contributed by atoms with Crippen LogP contribution < -0.4 is 0 Å². The van der Waals surface area contributed by atoms with Gasteiger partial charge in [-0.15, -0.1) is 0 Å². The summed E-state index contributed by atoms with van der Waals surface area (Å²) in [6.07, 6.45) is 2.61. The first-order valence-electron chi connectivity index (χ1n) is 4.87. The highest BCUT2D eigenvalue weighted by Gasteiger charge is 2.10. The molecule has 0 radical (unpaired) electrons. The first-order valence-corrected chi connectivity index (χ1v) is 4.87. The van der Waals surface area contributed by atoms with Gasteiger partial charge in [0.25, 0.3) is 0 Å². The van der Waals surface area contributed by atoms with Gasteiger partial charge in [-0.25, -0.2) is 19.2 Å². The molecular formula is C12H9FN2O2. The van der Waals surface area contributed by atoms with Crippen LogP contribution in [0.1, 0.15) is 10.4 Å². The lowest BCUT2D eigenvalue weighted by atomic mass is 10.2. The minimum Gasteiger partial charge on any atom is -0.465 e. The van der Waals surface area contributed by atoms with Crippen molar-refractivity contribution in [3.63, 3.8) is 0 Å². The zero-order chi connectivity index (χ0) is 12.3. The Balaban J connectivity index is 2.36. The molecule has 17 heavy (non-hydrogen) atoms. The monoisotopic (exact) mass is 232 g/mol. The molecule has 5 heteroatoms. The van der Waals surface area contributed by atoms with Crippen LogP contribution >= 0.6 is 0 Å². The quantitative estimate of drug-likeness (QED) is 0.744. The lowest BCUT2D eigenvalue weighted by Crippen LogP contribution is -2.03. The highest BCUT2D eigenvalue weighted by Crippen LogP contribution is 2.17. The Kier molecular flexibility index (Phi) is 3.09. The maximum atomic E-state index is 13.4. The molecule has 1 aromatic carbocycles. The van der Waals surface area contributed by atoms with E-state index in [-0.39, 0.29) is 11.4 Å². The van der Waals surface area contributed by atoms with Gasteiger partial charge >= 0.3 is 5.97 Å². The molecule has 0 unspecified atom stereocenters. The van der Waals surface area contributed by atoms with Crippen LogP contribution in [-0.2, 0) is 4.74 Å². The fourth-order valence-corrected chi connectivity index (χ4v) is 1.33. The number of carbonyl (C=O) groups excluding carboxylic acids is 1. The highest BCUT2D eigenvalue weighted by atomic mass is 19.1. The molecule has 0 fully saturated rings. The number of aromatic nitrogens is 2. The summed E-state index contributed by atoms with van der Waals surface area (Å²) in [6, 6.07) is 6.17. The molecule has 2 rings (SSSR count). The summed E-state index contributed by atoms with van der Waals surface area (Å²) < 4.78 is 17.9. The van der Waals surface area contributed by atoms with E-state index < -0.39 is 11.8 Å². The molecule has 86 valence electrons. The molecule has 2 aromatic rings. The predicted octanol–water partition coefficient (Wildman–Crippen LogP) is 2.07. The molecule has 0 N–H and O–H groups in total. The molecule has 1 heterocycles. The van der Waals surface area contributed by atoms with Crippen molar-refractivity contribution in [3.05, 3.63) is 48.0 Å². The summed E-state index contributed by atoms with van der Waals surface area (Å²) in [5, 5.41) is 0. The van der Waals surface area contributed by atoms with E-state index in [0.717, 1.165) is 0 Å². The van der Waals surface area contributed by atoms with Crippen LogP contribution in [0.5, 0.6) is 0 Å². The van der Waals surface area contributed by atoms with Crippen molar-refractivity contribution >= 4 is 5.97 Å². The van der Waals surface area contributed by atoms with Gasteiger partial charge in [-0.1, -0.05) is 12.1 Å². The van der Waals surface area contributed by atoms with Crippen LogP contribution in [0.2, 0.25) is 0 Å². The second kappa shape index (κ2) is 4.69. The van der Waals surface area contributed by atoms with Gasteiger partial charge in [0.15, 0.2) is 5.82 Å². The maximum Gasteiger partial charge on any atom is 0.341 e. The molecule has 1 aromatic heterocycles. The molecule has 0 spiro atoms. The second-order valence-corrected chi connectivity index (χ2v) is 3.27. The average Bonchev–Trinajstić information content (AvgIpc) is 2.39. The number of hydrogen-bond acceptors (Lipinski definition) is 4. The molecule has 0 saturated carbocycles. The van der Waals surface area contributed by atoms with Crippen LogP contribution in [0.3, 0.4) is 0 Å². The zero-order valence-electron chi connectivity index (χ0n) is 9.05. The second-order valence-electron chi connectivity index (χ2n) is 3.27. The Hall–Kier alpha value is -2.30. The zero-order valence-corrected chi connectivity index (χ0v) is 9.05. The average molecular weight is 232 g/mol. The fraction of sp³-hybridized carbons (Fsp3) is 0.0833. The van der Waals surface area contributed by atoms with Crippen molar-refractivity contribution in [2.45, 2.75) is 0 Å². The van der Waals surface area contributed by atoms with Gasteiger partial charge in [-0.3, -0.25) is 0 Å². The first-order chi connectivity index (χ1) is 8.22. The van der Waals surface area contributed by atoms with Crippen molar-refractivity contribution in [1.82, 2.24) is 9.97 Å². The lowest BCUT2D eigenvalue weighted by Gasteiger charge is -2.02. The van der Waals surface area contributed by atoms with Crippen molar-refractivity contribution in [3.8, 4) is 11.4 Å². The van der Waals surface area contributed by atoms with Gasteiger partial charge < -0.3 is 4.74 Å². The molecule has 0 atom stereocenters. The summed E-state index contributed by atoms with van der Waals surface area (Å²) in [6.45, 7) is 0. The molecule has 0 aliphatic rings. The fourth-order valence-electron chi connectivity index (χ4n) is 1.33. The molecule has 0 amide bonds. The summed E-state index contributed by atoms with van der Waals surface area (Å²) in [7, 11) is 1.27. The topological polar surface area (TPSA) is 52.1 Å². The molecule has 4 nitrogen and oxygen atoms in total. The van der Waals surface area contributed by atoms with Gasteiger partial charge in [-0.2, -0.15) is 0 Å². The number of rotatable bonds is 2. The third-order valence-corrected chi connectivity index (χ3v) is 2.19. The number of methoxy groups -OCH3 is 1. The van der Waals surface area contributed by atoms with Crippen LogP contribution in [0.15, 0.2) is 36.7 Å². The maximum absolute atomic E-state index is 13.4. The van der Waals surface area contributed by atoms with E-state index in [1.165, 1.54) is 25.6 Å². The predicted molar refractivity (Wildman–Crippen MR) is 58.8 cm³/mol. The number of benzene rings is 1. The normalized spacial score (nSPS) is 10.0. The lowest BCUT2D eigenvalue weighted by molar-refractivity contribution is 0.0600. The summed E-state index contributed by atoms with van der Waals surface area (Å²) in [5.74, 6) is -0.695. The minimum atomic E-state index is -0.523. The summed E-state index contributed by atoms with van der Waals surface area (Å²) in [4.78, 5) is 19.0. The van der Waals surface area contributed by atoms with E-state index in [1.807, 2.05) is 0 Å². The molecule has 0 aliphatic carbocycles. The van der Waals surface area contributed by atoms with E-state index in [2.05, 4.69) is 14.7 Å². The Morgan fingerprint density at radius 1 is 1.24 bits per heavy atom. The summed E-state index contributed by atoms with van der Waals surface area (Å²) >= 11 is 0. The van der Waals surface area contributed by atoms with Gasteiger partial charge in [-0.05, 0) is 12.1 Å². The van der Waals surface area contributed by atoms with Gasteiger partial charge in [0.1, 0.15) is 5.82 Å². The third-order valence-electron chi connectivity index (χ3n) is 2.19. The SMILES string of the molecule is COC(=O)c1cnc(-c2ccccc2F)nc1. The van der Waals surface area contributed by atoms with E-state index in [0.29, 0.717) is 5.56 Å². The van der Waals surface area contributed by atoms with Crippen molar-refractivity contribution in [2.75, 3.05) is 7.11 Å². The Morgan fingerprint density at radius 3 is 2.47 bits per heavy atom. The van der Waals surface area contributed by atoms with E-state index in [4.69, 9.17) is 0 Å². The van der Waals surface area contributed by atoms with Crippen molar-refractivity contribution < 1.29 is 13.9 Å². The van der Waals surface area contributed by atoms with Gasteiger partial charge in [0.2, 0.25) is 0 Å². The van der Waals surface area contributed by atoms with E-state index >= 15 is 0 Å². The molecule has 0 aliphatic heterocycles. The van der Waals surface area contributed by atoms with Crippen LogP contribution in [0, 0.1) is 5.82 Å². The van der Waals surface area contributed by atoms with Gasteiger partial charge in [0.05, 0.1) is 18.2 Å². The molecular weight excluding hydrogens is 223 g/mol. The Morgan fingerprint density at radius 2 is 1.88 bits per heavy atom. The third kappa shape index (κ3) is 2.28. The Bertz CT molecular complexity index is 540. The smallest absolute Gasteiger partial charge is 0.341 e. The first kappa shape index (κ1) is 11.2. The van der Waals surface area contributed by atoms with Gasteiger partial charge in [0, 0.05) is 12.4 Å². The number of esters is 1. The number of halogens is 1. The van der Waals surface area contributed by atoms with Crippen molar-refractivity contribution in [2.24, 2.45) is 0 Å². The largest absolute Gasteiger partial charge is 0.465 e. The van der Waals surface area contributed by atoms with Crippen molar-refractivity contribution in [1.29, 1.82) is 0 Å². The molecule has 0 bridgehead atoms.